The van der Waals surface area contributed by atoms with E-state index in [4.69, 9.17) is 9.47 Å². The van der Waals surface area contributed by atoms with Gasteiger partial charge in [-0.15, -0.1) is 0 Å². The van der Waals surface area contributed by atoms with Crippen LogP contribution in [0.3, 0.4) is 0 Å². The number of piperidine rings is 1. The number of para-hydroxylation sites is 1. The quantitative estimate of drug-likeness (QED) is 0.752. The molecule has 0 radical (unpaired) electrons. The minimum atomic E-state index is -0.501. The van der Waals surface area contributed by atoms with Crippen molar-refractivity contribution in [2.75, 3.05) is 33.9 Å². The normalized spacial score (nSPS) is 21.4. The number of aryl methyl sites for hydroxylation is 1. The summed E-state index contributed by atoms with van der Waals surface area (Å²) < 4.78 is 12.5. The molecule has 1 spiro atoms. The van der Waals surface area contributed by atoms with Crippen LogP contribution in [0.1, 0.15) is 35.3 Å². The van der Waals surface area contributed by atoms with Gasteiger partial charge in [0.2, 0.25) is 5.91 Å². The average Bonchev–Trinajstić information content (AvgIpc) is 3.38. The van der Waals surface area contributed by atoms with E-state index in [0.717, 1.165) is 18.4 Å². The lowest BCUT2D eigenvalue weighted by Crippen LogP contribution is -2.50. The summed E-state index contributed by atoms with van der Waals surface area (Å²) in [6.07, 6.45) is 4.05. The molecule has 1 atom stereocenters. The molecule has 2 aromatic rings. The molecule has 3 heterocycles. The van der Waals surface area contributed by atoms with Crippen molar-refractivity contribution in [2.45, 2.75) is 25.8 Å². The Morgan fingerprint density at radius 2 is 2.00 bits per heavy atom. The van der Waals surface area contributed by atoms with Crippen LogP contribution in [-0.4, -0.2) is 65.2 Å². The highest BCUT2D eigenvalue weighted by Crippen LogP contribution is 2.41. The number of hydrogen-bond donors (Lipinski definition) is 0. The SMILES string of the molecule is COc1cccc(CN2CCC[C@@]3(CCN(C(=O)c4ccnn4C)C3)C2=O)c1OC. The van der Waals surface area contributed by atoms with Crippen molar-refractivity contribution in [1.82, 2.24) is 19.6 Å². The third-order valence-electron chi connectivity index (χ3n) is 6.35. The predicted molar refractivity (Wildman–Crippen MR) is 110 cm³/mol. The van der Waals surface area contributed by atoms with Crippen LogP contribution in [0.5, 0.6) is 11.5 Å². The highest BCUT2D eigenvalue weighted by atomic mass is 16.5. The van der Waals surface area contributed by atoms with Crippen LogP contribution < -0.4 is 9.47 Å². The van der Waals surface area contributed by atoms with E-state index in [2.05, 4.69) is 5.10 Å². The van der Waals surface area contributed by atoms with Gasteiger partial charge in [-0.05, 0) is 31.4 Å². The number of nitrogens with zero attached hydrogens (tertiary/aromatic N) is 4. The van der Waals surface area contributed by atoms with Gasteiger partial charge in [-0.1, -0.05) is 12.1 Å². The molecule has 8 nitrogen and oxygen atoms in total. The zero-order valence-corrected chi connectivity index (χ0v) is 17.8. The molecule has 1 aromatic heterocycles. The summed E-state index contributed by atoms with van der Waals surface area (Å²) in [4.78, 5) is 30.1. The highest BCUT2D eigenvalue weighted by Gasteiger charge is 2.49. The van der Waals surface area contributed by atoms with Gasteiger partial charge in [-0.3, -0.25) is 14.3 Å². The smallest absolute Gasteiger partial charge is 0.272 e. The molecule has 8 heteroatoms. The molecule has 2 saturated heterocycles. The molecular formula is C22H28N4O4. The average molecular weight is 412 g/mol. The Morgan fingerprint density at radius 1 is 1.17 bits per heavy atom. The van der Waals surface area contributed by atoms with Gasteiger partial charge in [-0.2, -0.15) is 5.10 Å². The second-order valence-corrected chi connectivity index (χ2v) is 8.08. The summed E-state index contributed by atoms with van der Waals surface area (Å²) in [6.45, 7) is 2.22. The number of benzene rings is 1. The van der Waals surface area contributed by atoms with Crippen molar-refractivity contribution in [3.05, 3.63) is 41.7 Å². The first-order chi connectivity index (χ1) is 14.5. The van der Waals surface area contributed by atoms with E-state index < -0.39 is 5.41 Å². The van der Waals surface area contributed by atoms with E-state index in [1.54, 1.807) is 43.1 Å². The van der Waals surface area contributed by atoms with Crippen LogP contribution in [0, 0.1) is 5.41 Å². The Kier molecular flexibility index (Phi) is 5.40. The maximum atomic E-state index is 13.5. The van der Waals surface area contributed by atoms with Gasteiger partial charge in [0, 0.05) is 45.0 Å². The maximum absolute atomic E-state index is 13.5. The summed E-state index contributed by atoms with van der Waals surface area (Å²) in [5.41, 5.74) is 0.967. The molecule has 0 N–H and O–H groups in total. The monoisotopic (exact) mass is 412 g/mol. The Morgan fingerprint density at radius 3 is 2.70 bits per heavy atom. The lowest BCUT2D eigenvalue weighted by atomic mass is 9.78. The van der Waals surface area contributed by atoms with E-state index in [0.29, 0.717) is 49.8 Å². The van der Waals surface area contributed by atoms with E-state index in [1.807, 2.05) is 23.1 Å². The Labute approximate surface area is 176 Å². The zero-order chi connectivity index (χ0) is 21.3. The lowest BCUT2D eigenvalue weighted by molar-refractivity contribution is -0.146. The zero-order valence-electron chi connectivity index (χ0n) is 17.8. The third kappa shape index (κ3) is 3.40. The summed E-state index contributed by atoms with van der Waals surface area (Å²) >= 11 is 0. The summed E-state index contributed by atoms with van der Waals surface area (Å²) in [7, 11) is 4.98. The van der Waals surface area contributed by atoms with Crippen LogP contribution in [0.15, 0.2) is 30.5 Å². The van der Waals surface area contributed by atoms with Crippen molar-refractivity contribution in [3.63, 3.8) is 0 Å². The van der Waals surface area contributed by atoms with Crippen LogP contribution in [0.25, 0.3) is 0 Å². The van der Waals surface area contributed by atoms with Crippen molar-refractivity contribution >= 4 is 11.8 Å². The Bertz CT molecular complexity index is 956. The Hall–Kier alpha value is -3.03. The third-order valence-corrected chi connectivity index (χ3v) is 6.35. The number of hydrogen-bond acceptors (Lipinski definition) is 5. The number of methoxy groups -OCH3 is 2. The van der Waals surface area contributed by atoms with Gasteiger partial charge in [0.1, 0.15) is 5.69 Å². The number of ether oxygens (including phenoxy) is 2. The standard InChI is InChI=1S/C22H28N4O4/c1-24-17(8-11-23-24)20(27)26-13-10-22(15-26)9-5-12-25(21(22)28)14-16-6-4-7-18(29-2)19(16)30-3/h4,6-8,11H,5,9-10,12-15H2,1-3H3/t22-/m0/s1. The molecule has 0 bridgehead atoms. The van der Waals surface area contributed by atoms with Crippen molar-refractivity contribution in [2.24, 2.45) is 12.5 Å². The van der Waals surface area contributed by atoms with Crippen LogP contribution in [0.2, 0.25) is 0 Å². The molecule has 0 saturated carbocycles. The van der Waals surface area contributed by atoms with Gasteiger partial charge in [-0.25, -0.2) is 0 Å². The molecule has 4 rings (SSSR count). The summed E-state index contributed by atoms with van der Waals surface area (Å²) in [6, 6.07) is 7.44. The topological polar surface area (TPSA) is 76.9 Å². The van der Waals surface area contributed by atoms with E-state index in [9.17, 15) is 9.59 Å². The van der Waals surface area contributed by atoms with Gasteiger partial charge in [0.25, 0.3) is 5.91 Å². The number of carbonyl (C=O) groups is 2. The largest absolute Gasteiger partial charge is 0.493 e. The second kappa shape index (κ2) is 8.01. The van der Waals surface area contributed by atoms with E-state index in [-0.39, 0.29) is 11.8 Å². The molecule has 30 heavy (non-hydrogen) atoms. The predicted octanol–water partition coefficient (Wildman–Crippen LogP) is 2.09. The minimum absolute atomic E-state index is 0.0636. The number of likely N-dealkylation sites (tertiary alicyclic amines) is 2. The molecule has 2 fully saturated rings. The molecule has 1 aromatic carbocycles. The van der Waals surface area contributed by atoms with Crippen molar-refractivity contribution in [3.8, 4) is 11.5 Å². The molecule has 2 amide bonds. The van der Waals surface area contributed by atoms with Crippen molar-refractivity contribution < 1.29 is 19.1 Å². The molecule has 160 valence electrons. The first kappa shape index (κ1) is 20.3. The van der Waals surface area contributed by atoms with Crippen LogP contribution >= 0.6 is 0 Å². The lowest BCUT2D eigenvalue weighted by Gasteiger charge is -2.39. The molecule has 2 aliphatic rings. The van der Waals surface area contributed by atoms with Gasteiger partial charge < -0.3 is 19.3 Å². The fourth-order valence-corrected chi connectivity index (χ4v) is 4.76. The molecule has 0 aliphatic carbocycles. The Balaban J connectivity index is 1.52. The molecule has 2 aliphatic heterocycles. The van der Waals surface area contributed by atoms with Gasteiger partial charge in [0.05, 0.1) is 19.6 Å². The number of aromatic nitrogens is 2. The summed E-state index contributed by atoms with van der Waals surface area (Å²) in [5, 5.41) is 4.09. The fraction of sp³-hybridized carbons (Fsp3) is 0.500. The van der Waals surface area contributed by atoms with Crippen LogP contribution in [0.4, 0.5) is 0 Å². The van der Waals surface area contributed by atoms with Crippen LogP contribution in [-0.2, 0) is 18.4 Å². The first-order valence-corrected chi connectivity index (χ1v) is 10.3. The maximum Gasteiger partial charge on any atom is 0.272 e. The van der Waals surface area contributed by atoms with E-state index in [1.165, 1.54) is 0 Å². The van der Waals surface area contributed by atoms with Crippen molar-refractivity contribution in [1.29, 1.82) is 0 Å². The van der Waals surface area contributed by atoms with E-state index >= 15 is 0 Å². The fourth-order valence-electron chi connectivity index (χ4n) is 4.76. The second-order valence-electron chi connectivity index (χ2n) is 8.08. The number of rotatable bonds is 5. The number of carbonyl (C=O) groups excluding carboxylic acids is 2. The summed E-state index contributed by atoms with van der Waals surface area (Å²) in [5.74, 6) is 1.38. The van der Waals surface area contributed by atoms with Gasteiger partial charge in [0.15, 0.2) is 11.5 Å². The highest BCUT2D eigenvalue weighted by molar-refractivity contribution is 5.94. The number of amides is 2. The first-order valence-electron chi connectivity index (χ1n) is 10.3. The molecule has 0 unspecified atom stereocenters. The molecular weight excluding hydrogens is 384 g/mol. The minimum Gasteiger partial charge on any atom is -0.493 e. The van der Waals surface area contributed by atoms with Gasteiger partial charge >= 0.3 is 0 Å².